The predicted octanol–water partition coefficient (Wildman–Crippen LogP) is 0.787. The number of nitrogens with one attached hydrogen (secondary N) is 1. The number of aromatic nitrogens is 1. The molecule has 3 heterocycles. The molecule has 3 rings (SSSR count). The molecule has 2 atom stereocenters. The third kappa shape index (κ3) is 2.97. The lowest BCUT2D eigenvalue weighted by Gasteiger charge is -2.35. The molecule has 0 radical (unpaired) electrons. The van der Waals surface area contributed by atoms with Crippen molar-refractivity contribution in [2.45, 2.75) is 25.0 Å². The number of rotatable bonds is 4. The van der Waals surface area contributed by atoms with Crippen LogP contribution in [-0.2, 0) is 9.47 Å². The molecule has 7 nitrogen and oxygen atoms in total. The van der Waals surface area contributed by atoms with Crippen molar-refractivity contribution in [3.63, 3.8) is 0 Å². The lowest BCUT2D eigenvalue weighted by Crippen LogP contribution is -2.48. The molecule has 0 aromatic carbocycles. The van der Waals surface area contributed by atoms with Crippen molar-refractivity contribution in [1.82, 2.24) is 9.27 Å². The summed E-state index contributed by atoms with van der Waals surface area (Å²) in [5.74, 6) is -0.258. The van der Waals surface area contributed by atoms with Gasteiger partial charge in [-0.05, 0) is 30.9 Å². The first-order valence-corrected chi connectivity index (χ1v) is 7.89. The maximum atomic E-state index is 11.7. The number of carbonyl (C=O) groups excluding carboxylic acids is 1. The lowest BCUT2D eigenvalue weighted by molar-refractivity contribution is -0.0415. The van der Waals surface area contributed by atoms with Crippen LogP contribution < -0.4 is 11.1 Å². The Balaban J connectivity index is 1.59. The normalized spacial score (nSPS) is 25.6. The minimum absolute atomic E-state index is 0.119. The van der Waals surface area contributed by atoms with Crippen LogP contribution >= 0.6 is 11.5 Å². The molecule has 2 saturated heterocycles. The summed E-state index contributed by atoms with van der Waals surface area (Å²) in [5, 5.41) is 3.87. The highest BCUT2D eigenvalue weighted by atomic mass is 32.1. The molecule has 1 aromatic heterocycles. The van der Waals surface area contributed by atoms with Gasteiger partial charge in [-0.1, -0.05) is 0 Å². The fraction of sp³-hybridized carbons (Fsp3) is 0.692. The summed E-state index contributed by atoms with van der Waals surface area (Å²) in [7, 11) is 1.33. The highest BCUT2D eigenvalue weighted by Gasteiger charge is 2.32. The van der Waals surface area contributed by atoms with Gasteiger partial charge < -0.3 is 20.5 Å². The number of anilines is 2. The van der Waals surface area contributed by atoms with E-state index in [1.54, 1.807) is 0 Å². The zero-order valence-electron chi connectivity index (χ0n) is 12.0. The molecule has 0 bridgehead atoms. The van der Waals surface area contributed by atoms with E-state index in [0.717, 1.165) is 19.7 Å². The molecule has 116 valence electrons. The van der Waals surface area contributed by atoms with E-state index in [4.69, 9.17) is 15.2 Å². The van der Waals surface area contributed by atoms with Gasteiger partial charge in [0.1, 0.15) is 10.6 Å². The van der Waals surface area contributed by atoms with Crippen molar-refractivity contribution >= 4 is 28.3 Å². The summed E-state index contributed by atoms with van der Waals surface area (Å²) in [4.78, 5) is 14.2. The quantitative estimate of drug-likeness (QED) is 0.794. The number of hydrogen-bond donors (Lipinski definition) is 2. The molecule has 0 aliphatic carbocycles. The molecular weight excluding hydrogens is 292 g/mol. The number of nitrogens with two attached hydrogens (primary N) is 1. The van der Waals surface area contributed by atoms with Gasteiger partial charge >= 0.3 is 5.97 Å². The first-order chi connectivity index (χ1) is 10.2. The van der Waals surface area contributed by atoms with Crippen LogP contribution in [0.4, 0.5) is 10.8 Å². The third-order valence-electron chi connectivity index (χ3n) is 4.06. The van der Waals surface area contributed by atoms with Gasteiger partial charge in [0.15, 0.2) is 5.82 Å². The monoisotopic (exact) mass is 312 g/mol. The largest absolute Gasteiger partial charge is 0.465 e. The Morgan fingerprint density at radius 2 is 2.52 bits per heavy atom. The van der Waals surface area contributed by atoms with E-state index in [-0.39, 0.29) is 11.9 Å². The highest BCUT2D eigenvalue weighted by molar-refractivity contribution is 7.11. The standard InChI is InChI=1S/C13H20N4O3S/c1-19-13(18)10-11(14)16-21-12(10)15-5-9-6-17-4-2-3-8(17)7-20-9/h8-9,15H,2-7H2,1H3,(H2,14,16). The first kappa shape index (κ1) is 14.6. The fourth-order valence-electron chi connectivity index (χ4n) is 2.94. The van der Waals surface area contributed by atoms with Crippen molar-refractivity contribution in [2.24, 2.45) is 0 Å². The van der Waals surface area contributed by atoms with Crippen LogP contribution in [0.2, 0.25) is 0 Å². The Morgan fingerprint density at radius 3 is 3.33 bits per heavy atom. The van der Waals surface area contributed by atoms with E-state index >= 15 is 0 Å². The molecule has 2 aliphatic heterocycles. The molecule has 3 N–H and O–H groups in total. The molecule has 8 heteroatoms. The van der Waals surface area contributed by atoms with E-state index in [0.29, 0.717) is 23.2 Å². The van der Waals surface area contributed by atoms with Crippen LogP contribution in [0.3, 0.4) is 0 Å². The summed E-state index contributed by atoms with van der Waals surface area (Å²) in [6, 6.07) is 0.589. The van der Waals surface area contributed by atoms with Gasteiger partial charge in [-0.25, -0.2) is 4.79 Å². The number of nitrogens with zero attached hydrogens (tertiary/aromatic N) is 2. The fourth-order valence-corrected chi connectivity index (χ4v) is 3.65. The van der Waals surface area contributed by atoms with E-state index < -0.39 is 5.97 Å². The van der Waals surface area contributed by atoms with Crippen LogP contribution in [-0.4, -0.2) is 60.7 Å². The summed E-state index contributed by atoms with van der Waals surface area (Å²) in [5.41, 5.74) is 6.03. The van der Waals surface area contributed by atoms with Crippen LogP contribution in [0.1, 0.15) is 23.2 Å². The molecule has 1 aromatic rings. The van der Waals surface area contributed by atoms with Gasteiger partial charge in [-0.15, -0.1) is 0 Å². The van der Waals surface area contributed by atoms with Crippen LogP contribution in [0.5, 0.6) is 0 Å². The van der Waals surface area contributed by atoms with Gasteiger partial charge in [0.2, 0.25) is 0 Å². The van der Waals surface area contributed by atoms with Crippen molar-refractivity contribution in [3.8, 4) is 0 Å². The van der Waals surface area contributed by atoms with Gasteiger partial charge in [0.05, 0.1) is 19.8 Å². The molecule has 0 saturated carbocycles. The Morgan fingerprint density at radius 1 is 1.67 bits per heavy atom. The molecule has 21 heavy (non-hydrogen) atoms. The van der Waals surface area contributed by atoms with Crippen LogP contribution in [0.15, 0.2) is 0 Å². The van der Waals surface area contributed by atoms with Gasteiger partial charge in [0, 0.05) is 19.1 Å². The van der Waals surface area contributed by atoms with Crippen molar-refractivity contribution in [3.05, 3.63) is 5.56 Å². The second kappa shape index (κ2) is 6.17. The molecule has 2 unspecified atom stereocenters. The van der Waals surface area contributed by atoms with Gasteiger partial charge in [0.25, 0.3) is 0 Å². The molecule has 2 fully saturated rings. The zero-order chi connectivity index (χ0) is 14.8. The summed E-state index contributed by atoms with van der Waals surface area (Å²) < 4.78 is 14.6. The summed E-state index contributed by atoms with van der Waals surface area (Å²) in [6.07, 6.45) is 2.61. The molecular formula is C13H20N4O3S. The number of nitrogen functional groups attached to an aromatic ring is 1. The number of esters is 1. The van der Waals surface area contributed by atoms with Crippen LogP contribution in [0, 0.1) is 0 Å². The van der Waals surface area contributed by atoms with Crippen molar-refractivity contribution < 1.29 is 14.3 Å². The molecule has 2 aliphatic rings. The second-order valence-electron chi connectivity index (χ2n) is 5.39. The first-order valence-electron chi connectivity index (χ1n) is 7.12. The maximum absolute atomic E-state index is 11.7. The summed E-state index contributed by atoms with van der Waals surface area (Å²) >= 11 is 1.17. The average Bonchev–Trinajstić information content (AvgIpc) is 3.10. The van der Waals surface area contributed by atoms with E-state index in [1.165, 1.54) is 31.5 Å². The van der Waals surface area contributed by atoms with Gasteiger partial charge in [-0.2, -0.15) is 4.37 Å². The number of fused-ring (bicyclic) bond motifs is 1. The third-order valence-corrected chi connectivity index (χ3v) is 4.88. The zero-order valence-corrected chi connectivity index (χ0v) is 12.8. The van der Waals surface area contributed by atoms with E-state index in [2.05, 4.69) is 14.6 Å². The van der Waals surface area contributed by atoms with E-state index in [9.17, 15) is 4.79 Å². The molecule has 0 amide bonds. The Labute approximate surface area is 127 Å². The SMILES string of the molecule is COC(=O)c1c(N)nsc1NCC1CN2CCCC2CO1. The van der Waals surface area contributed by atoms with Crippen molar-refractivity contribution in [2.75, 3.05) is 44.4 Å². The van der Waals surface area contributed by atoms with Gasteiger partial charge in [-0.3, -0.25) is 4.90 Å². The summed E-state index contributed by atoms with van der Waals surface area (Å²) in [6.45, 7) is 3.51. The Kier molecular flexibility index (Phi) is 4.27. The predicted molar refractivity (Wildman–Crippen MR) is 80.7 cm³/mol. The highest BCUT2D eigenvalue weighted by Crippen LogP contribution is 2.28. The number of methoxy groups -OCH3 is 1. The topological polar surface area (TPSA) is 89.7 Å². The second-order valence-corrected chi connectivity index (χ2v) is 6.16. The number of morpholine rings is 1. The Bertz CT molecular complexity index is 522. The number of carbonyl (C=O) groups is 1. The van der Waals surface area contributed by atoms with Crippen molar-refractivity contribution in [1.29, 1.82) is 0 Å². The number of hydrogen-bond acceptors (Lipinski definition) is 8. The smallest absolute Gasteiger partial charge is 0.344 e. The van der Waals surface area contributed by atoms with Crippen LogP contribution in [0.25, 0.3) is 0 Å². The molecule has 0 spiro atoms. The Hall–Kier alpha value is -1.38. The number of ether oxygens (including phenoxy) is 2. The minimum Gasteiger partial charge on any atom is -0.465 e. The van der Waals surface area contributed by atoms with E-state index in [1.807, 2.05) is 0 Å². The maximum Gasteiger partial charge on any atom is 0.344 e. The average molecular weight is 312 g/mol. The lowest BCUT2D eigenvalue weighted by atomic mass is 10.2. The minimum atomic E-state index is -0.465.